The molecule has 0 bridgehead atoms. The molecule has 0 saturated heterocycles. The Bertz CT molecular complexity index is 543. The lowest BCUT2D eigenvalue weighted by molar-refractivity contribution is 0.0963. The molecule has 0 spiro atoms. The van der Waals surface area contributed by atoms with Crippen LogP contribution >= 0.6 is 11.8 Å². The Morgan fingerprint density at radius 3 is 2.65 bits per heavy atom. The van der Waals surface area contributed by atoms with Crippen LogP contribution < -0.4 is 16.0 Å². The second kappa shape index (κ2) is 9.45. The Morgan fingerprint density at radius 1 is 1.30 bits per heavy atom. The van der Waals surface area contributed by atoms with Gasteiger partial charge in [-0.1, -0.05) is 12.1 Å². The lowest BCUT2D eigenvalue weighted by Gasteiger charge is -2.23. The molecule has 0 heterocycles. The standard InChI is InChI=1S/C17H28N4OS/c1-6-19-16(21-12-17(2,3)23-5)20-11-13-8-7-9-14(10-13)15(22)18-4/h7-10H,6,11-12H2,1-5H3,(H,18,22)(H2,19,20,21). The van der Waals surface area contributed by atoms with Crippen LogP contribution in [0.3, 0.4) is 0 Å². The van der Waals surface area contributed by atoms with E-state index in [0.29, 0.717) is 12.1 Å². The van der Waals surface area contributed by atoms with Crippen molar-refractivity contribution in [2.45, 2.75) is 32.1 Å². The van der Waals surface area contributed by atoms with Crippen molar-refractivity contribution in [2.75, 3.05) is 26.4 Å². The molecule has 1 amide bonds. The van der Waals surface area contributed by atoms with E-state index in [-0.39, 0.29) is 10.7 Å². The molecule has 0 saturated carbocycles. The highest BCUT2D eigenvalue weighted by Crippen LogP contribution is 2.19. The minimum atomic E-state index is -0.0809. The summed E-state index contributed by atoms with van der Waals surface area (Å²) in [6.45, 7) is 8.60. The maximum atomic E-state index is 11.7. The van der Waals surface area contributed by atoms with Crippen molar-refractivity contribution in [3.63, 3.8) is 0 Å². The van der Waals surface area contributed by atoms with Gasteiger partial charge in [-0.25, -0.2) is 4.99 Å². The van der Waals surface area contributed by atoms with Gasteiger partial charge >= 0.3 is 0 Å². The second-order valence-electron chi connectivity index (χ2n) is 5.79. The number of rotatable bonds is 7. The number of guanidine groups is 1. The van der Waals surface area contributed by atoms with Crippen molar-refractivity contribution < 1.29 is 4.79 Å². The fraction of sp³-hybridized carbons (Fsp3) is 0.529. The van der Waals surface area contributed by atoms with E-state index in [0.717, 1.165) is 24.6 Å². The largest absolute Gasteiger partial charge is 0.357 e. The summed E-state index contributed by atoms with van der Waals surface area (Å²) < 4.78 is 0.148. The average Bonchev–Trinajstić information content (AvgIpc) is 2.57. The molecule has 3 N–H and O–H groups in total. The predicted octanol–water partition coefficient (Wildman–Crippen LogP) is 2.24. The van der Waals surface area contributed by atoms with E-state index in [1.165, 1.54) is 0 Å². The summed E-state index contributed by atoms with van der Waals surface area (Å²) in [5, 5.41) is 9.25. The topological polar surface area (TPSA) is 65.5 Å². The monoisotopic (exact) mass is 336 g/mol. The lowest BCUT2D eigenvalue weighted by Crippen LogP contribution is -2.43. The average molecular weight is 337 g/mol. The Kier molecular flexibility index (Phi) is 7.95. The number of amides is 1. The predicted molar refractivity (Wildman–Crippen MR) is 100 cm³/mol. The molecule has 5 nitrogen and oxygen atoms in total. The Balaban J connectivity index is 2.75. The zero-order valence-electron chi connectivity index (χ0n) is 14.7. The van der Waals surface area contributed by atoms with Gasteiger partial charge in [-0.05, 0) is 44.7 Å². The van der Waals surface area contributed by atoms with Crippen LogP contribution in [-0.2, 0) is 6.54 Å². The fourth-order valence-corrected chi connectivity index (χ4v) is 2.05. The summed E-state index contributed by atoms with van der Waals surface area (Å²) in [5.74, 6) is 0.711. The van der Waals surface area contributed by atoms with E-state index in [1.54, 1.807) is 13.1 Å². The molecule has 1 aromatic carbocycles. The summed E-state index contributed by atoms with van der Waals surface area (Å²) in [7, 11) is 1.63. The number of aliphatic imine (C=N–C) groups is 1. The SMILES string of the molecule is CCNC(=NCc1cccc(C(=O)NC)c1)NCC(C)(C)SC. The highest BCUT2D eigenvalue weighted by Gasteiger charge is 2.16. The third-order valence-electron chi connectivity index (χ3n) is 3.41. The molecule has 128 valence electrons. The zero-order chi connectivity index (χ0) is 17.3. The van der Waals surface area contributed by atoms with Crippen molar-refractivity contribution in [2.24, 2.45) is 4.99 Å². The molecule has 1 aromatic rings. The molecule has 0 aliphatic heterocycles. The number of nitrogens with one attached hydrogen (secondary N) is 3. The van der Waals surface area contributed by atoms with Crippen LogP contribution in [0, 0.1) is 0 Å². The smallest absolute Gasteiger partial charge is 0.251 e. The molecular formula is C17H28N4OS. The quantitative estimate of drug-likeness (QED) is 0.528. The maximum absolute atomic E-state index is 11.7. The molecule has 0 aliphatic carbocycles. The van der Waals surface area contributed by atoms with Crippen molar-refractivity contribution in [3.8, 4) is 0 Å². The van der Waals surface area contributed by atoms with Crippen LogP contribution in [0.25, 0.3) is 0 Å². The van der Waals surface area contributed by atoms with Gasteiger partial charge in [0.25, 0.3) is 5.91 Å². The van der Waals surface area contributed by atoms with Crippen molar-refractivity contribution in [1.29, 1.82) is 0 Å². The van der Waals surface area contributed by atoms with E-state index in [2.05, 4.69) is 41.0 Å². The fourth-order valence-electron chi connectivity index (χ4n) is 1.84. The molecule has 0 unspecified atom stereocenters. The third-order valence-corrected chi connectivity index (χ3v) is 4.66. The Labute approximate surface area is 143 Å². The number of benzene rings is 1. The number of nitrogens with zero attached hydrogens (tertiary/aromatic N) is 1. The normalized spacial score (nSPS) is 12.0. The van der Waals surface area contributed by atoms with Gasteiger partial charge in [0.05, 0.1) is 6.54 Å². The van der Waals surface area contributed by atoms with Gasteiger partial charge in [0.1, 0.15) is 0 Å². The van der Waals surface area contributed by atoms with Crippen LogP contribution in [0.2, 0.25) is 0 Å². The zero-order valence-corrected chi connectivity index (χ0v) is 15.5. The first-order chi connectivity index (χ1) is 10.9. The molecule has 0 aromatic heterocycles. The van der Waals surface area contributed by atoms with Crippen LogP contribution in [-0.4, -0.2) is 43.0 Å². The van der Waals surface area contributed by atoms with Crippen molar-refractivity contribution >= 4 is 23.6 Å². The van der Waals surface area contributed by atoms with Gasteiger partial charge < -0.3 is 16.0 Å². The number of thioether (sulfide) groups is 1. The Hall–Kier alpha value is -1.69. The summed E-state index contributed by atoms with van der Waals surface area (Å²) in [4.78, 5) is 16.3. The summed E-state index contributed by atoms with van der Waals surface area (Å²) in [5.41, 5.74) is 1.66. The molecule has 0 radical (unpaired) electrons. The molecular weight excluding hydrogens is 308 g/mol. The van der Waals surface area contributed by atoms with E-state index in [9.17, 15) is 4.79 Å². The van der Waals surface area contributed by atoms with E-state index >= 15 is 0 Å². The van der Waals surface area contributed by atoms with Crippen LogP contribution in [0.1, 0.15) is 36.7 Å². The molecule has 0 fully saturated rings. The summed E-state index contributed by atoms with van der Waals surface area (Å²) >= 11 is 1.82. The van der Waals surface area contributed by atoms with E-state index in [1.807, 2.05) is 36.9 Å². The number of carbonyl (C=O) groups excluding carboxylic acids is 1. The molecule has 1 rings (SSSR count). The highest BCUT2D eigenvalue weighted by atomic mass is 32.2. The lowest BCUT2D eigenvalue weighted by atomic mass is 10.1. The molecule has 6 heteroatoms. The van der Waals surface area contributed by atoms with Gasteiger partial charge in [-0.3, -0.25) is 4.79 Å². The van der Waals surface area contributed by atoms with Crippen LogP contribution in [0.4, 0.5) is 0 Å². The van der Waals surface area contributed by atoms with Gasteiger partial charge in [-0.15, -0.1) is 0 Å². The van der Waals surface area contributed by atoms with Crippen molar-refractivity contribution in [3.05, 3.63) is 35.4 Å². The minimum Gasteiger partial charge on any atom is -0.357 e. The number of hydrogen-bond acceptors (Lipinski definition) is 3. The van der Waals surface area contributed by atoms with Crippen molar-refractivity contribution in [1.82, 2.24) is 16.0 Å². The Morgan fingerprint density at radius 2 is 2.04 bits per heavy atom. The van der Waals surface area contributed by atoms with E-state index in [4.69, 9.17) is 0 Å². The molecule has 0 aliphatic rings. The van der Waals surface area contributed by atoms with Crippen LogP contribution in [0.5, 0.6) is 0 Å². The number of carbonyl (C=O) groups is 1. The summed E-state index contributed by atoms with van der Waals surface area (Å²) in [6.07, 6.45) is 2.11. The third kappa shape index (κ3) is 6.95. The van der Waals surface area contributed by atoms with Crippen LogP contribution in [0.15, 0.2) is 29.3 Å². The minimum absolute atomic E-state index is 0.0809. The second-order valence-corrected chi connectivity index (χ2v) is 7.31. The van der Waals surface area contributed by atoms with Gasteiger partial charge in [-0.2, -0.15) is 11.8 Å². The summed E-state index contributed by atoms with van der Waals surface area (Å²) in [6, 6.07) is 7.53. The first kappa shape index (κ1) is 19.4. The van der Waals surface area contributed by atoms with Gasteiger partial charge in [0, 0.05) is 30.4 Å². The number of hydrogen-bond donors (Lipinski definition) is 3. The maximum Gasteiger partial charge on any atom is 0.251 e. The van der Waals surface area contributed by atoms with Gasteiger partial charge in [0.2, 0.25) is 0 Å². The van der Waals surface area contributed by atoms with Gasteiger partial charge in [0.15, 0.2) is 5.96 Å². The van der Waals surface area contributed by atoms with E-state index < -0.39 is 0 Å². The first-order valence-corrected chi connectivity index (χ1v) is 9.02. The molecule has 23 heavy (non-hydrogen) atoms. The molecule has 0 atom stereocenters. The highest BCUT2D eigenvalue weighted by molar-refractivity contribution is 7.99. The first-order valence-electron chi connectivity index (χ1n) is 7.80.